The Kier molecular flexibility index (Phi) is 5.40. The van der Waals surface area contributed by atoms with E-state index in [1.807, 2.05) is 34.6 Å². The molecule has 1 unspecified atom stereocenters. The third kappa shape index (κ3) is 3.81. The molecular weight excluding hydrogens is 310 g/mol. The maximum Gasteiger partial charge on any atom is 0.466 e. The molecule has 0 radical (unpaired) electrons. The van der Waals surface area contributed by atoms with E-state index in [-0.39, 0.29) is 24.0 Å². The summed E-state index contributed by atoms with van der Waals surface area (Å²) in [4.78, 5) is 12.1. The maximum atomic E-state index is 13.5. The molecule has 132 valence electrons. The van der Waals surface area contributed by atoms with Gasteiger partial charge in [-0.05, 0) is 64.8 Å². The van der Waals surface area contributed by atoms with E-state index in [0.717, 1.165) is 11.1 Å². The van der Waals surface area contributed by atoms with Crippen LogP contribution in [0.4, 0.5) is 4.39 Å². The fraction of sp³-hybridized carbons (Fsp3) is 0.611. The minimum absolute atomic E-state index is 0.122. The fourth-order valence-electron chi connectivity index (χ4n) is 2.86. The fourth-order valence-corrected chi connectivity index (χ4v) is 2.86. The average molecular weight is 336 g/mol. The lowest BCUT2D eigenvalue weighted by Gasteiger charge is -2.32. The van der Waals surface area contributed by atoms with E-state index in [1.54, 1.807) is 13.0 Å². The SMILES string of the molecule is CCOC(=O)CC(B1OC(C)(C)C(C)(C)O1)c1ccc(F)cc1C. The van der Waals surface area contributed by atoms with Crippen LogP contribution in [0.3, 0.4) is 0 Å². The Morgan fingerprint density at radius 1 is 1.25 bits per heavy atom. The summed E-state index contributed by atoms with van der Waals surface area (Å²) in [6.45, 7) is 11.8. The van der Waals surface area contributed by atoms with E-state index in [0.29, 0.717) is 6.61 Å². The Balaban J connectivity index is 2.35. The van der Waals surface area contributed by atoms with Crippen LogP contribution < -0.4 is 0 Å². The van der Waals surface area contributed by atoms with Crippen LogP contribution in [0.2, 0.25) is 0 Å². The van der Waals surface area contributed by atoms with Crippen LogP contribution in [0.1, 0.15) is 58.0 Å². The molecule has 0 spiro atoms. The van der Waals surface area contributed by atoms with Crippen LogP contribution in [0.15, 0.2) is 18.2 Å². The van der Waals surface area contributed by atoms with Gasteiger partial charge >= 0.3 is 13.1 Å². The molecule has 1 aliphatic heterocycles. The van der Waals surface area contributed by atoms with Gasteiger partial charge in [0.05, 0.1) is 24.2 Å². The average Bonchev–Trinajstić information content (AvgIpc) is 2.65. The lowest BCUT2D eigenvalue weighted by Crippen LogP contribution is -2.41. The van der Waals surface area contributed by atoms with Gasteiger partial charge < -0.3 is 14.0 Å². The molecular formula is C18H26BFO4. The molecule has 1 aromatic rings. The number of rotatable bonds is 5. The van der Waals surface area contributed by atoms with Crippen molar-refractivity contribution in [2.24, 2.45) is 0 Å². The summed E-state index contributed by atoms with van der Waals surface area (Å²) >= 11 is 0. The Morgan fingerprint density at radius 2 is 1.83 bits per heavy atom. The Bertz CT molecular complexity index is 599. The molecule has 6 heteroatoms. The van der Waals surface area contributed by atoms with Crippen LogP contribution in [0, 0.1) is 12.7 Å². The van der Waals surface area contributed by atoms with Gasteiger partial charge in [0.1, 0.15) is 5.82 Å². The summed E-state index contributed by atoms with van der Waals surface area (Å²) in [5.41, 5.74) is 0.596. The summed E-state index contributed by atoms with van der Waals surface area (Å²) in [5.74, 6) is -0.980. The molecule has 1 atom stereocenters. The molecule has 1 aliphatic rings. The Hall–Kier alpha value is -1.40. The topological polar surface area (TPSA) is 44.8 Å². The number of hydrogen-bond donors (Lipinski definition) is 0. The highest BCUT2D eigenvalue weighted by Gasteiger charge is 2.54. The molecule has 24 heavy (non-hydrogen) atoms. The van der Waals surface area contributed by atoms with Crippen molar-refractivity contribution in [2.75, 3.05) is 6.61 Å². The van der Waals surface area contributed by atoms with E-state index in [2.05, 4.69) is 0 Å². The number of ether oxygens (including phenoxy) is 1. The molecule has 2 rings (SSSR count). The van der Waals surface area contributed by atoms with Gasteiger partial charge in [0.2, 0.25) is 0 Å². The van der Waals surface area contributed by atoms with Crippen molar-refractivity contribution in [3.8, 4) is 0 Å². The van der Waals surface area contributed by atoms with Gasteiger partial charge in [-0.3, -0.25) is 4.79 Å². The normalized spacial score (nSPS) is 20.0. The summed E-state index contributed by atoms with van der Waals surface area (Å²) in [6.07, 6.45) is 0.122. The summed E-state index contributed by atoms with van der Waals surface area (Å²) in [7, 11) is -0.594. The summed E-state index contributed by atoms with van der Waals surface area (Å²) in [5, 5.41) is 0. The lowest BCUT2D eigenvalue weighted by molar-refractivity contribution is -0.143. The second kappa shape index (κ2) is 6.85. The highest BCUT2D eigenvalue weighted by atomic mass is 19.1. The van der Waals surface area contributed by atoms with Crippen molar-refractivity contribution in [1.82, 2.24) is 0 Å². The third-order valence-corrected chi connectivity index (χ3v) is 4.92. The summed E-state index contributed by atoms with van der Waals surface area (Å²) in [6, 6.07) is 4.55. The largest absolute Gasteiger partial charge is 0.466 e. The van der Waals surface area contributed by atoms with Crippen LogP contribution in [0.25, 0.3) is 0 Å². The van der Waals surface area contributed by atoms with E-state index in [4.69, 9.17) is 14.0 Å². The Labute approximate surface area is 143 Å². The second-order valence-electron chi connectivity index (χ2n) is 7.24. The highest BCUT2D eigenvalue weighted by molar-refractivity contribution is 6.48. The first-order valence-corrected chi connectivity index (χ1v) is 8.34. The van der Waals surface area contributed by atoms with Crippen molar-refractivity contribution in [1.29, 1.82) is 0 Å². The molecule has 1 fully saturated rings. The number of aryl methyl sites for hydroxylation is 1. The number of esters is 1. The van der Waals surface area contributed by atoms with Crippen LogP contribution in [0.5, 0.6) is 0 Å². The zero-order chi connectivity index (χ0) is 18.1. The zero-order valence-corrected chi connectivity index (χ0v) is 15.3. The van der Waals surface area contributed by atoms with Crippen molar-refractivity contribution >= 4 is 13.1 Å². The maximum absolute atomic E-state index is 13.5. The van der Waals surface area contributed by atoms with Gasteiger partial charge in [-0.25, -0.2) is 4.39 Å². The van der Waals surface area contributed by atoms with Crippen molar-refractivity contribution < 1.29 is 23.2 Å². The zero-order valence-electron chi connectivity index (χ0n) is 15.3. The van der Waals surface area contributed by atoms with Crippen LogP contribution in [-0.4, -0.2) is 30.9 Å². The van der Waals surface area contributed by atoms with Crippen molar-refractivity contribution in [3.05, 3.63) is 35.1 Å². The van der Waals surface area contributed by atoms with Crippen molar-refractivity contribution in [2.45, 2.75) is 65.0 Å². The van der Waals surface area contributed by atoms with Gasteiger partial charge in [-0.2, -0.15) is 0 Å². The first kappa shape index (κ1) is 18.9. The molecule has 4 nitrogen and oxygen atoms in total. The van der Waals surface area contributed by atoms with E-state index < -0.39 is 18.3 Å². The molecule has 0 saturated carbocycles. The first-order valence-electron chi connectivity index (χ1n) is 8.34. The van der Waals surface area contributed by atoms with Gasteiger partial charge in [0.25, 0.3) is 0 Å². The van der Waals surface area contributed by atoms with E-state index in [9.17, 15) is 9.18 Å². The summed E-state index contributed by atoms with van der Waals surface area (Å²) < 4.78 is 30.8. The molecule has 1 aromatic carbocycles. The molecule has 1 saturated heterocycles. The number of benzene rings is 1. The van der Waals surface area contributed by atoms with E-state index >= 15 is 0 Å². The third-order valence-electron chi connectivity index (χ3n) is 4.92. The monoisotopic (exact) mass is 336 g/mol. The standard InChI is InChI=1S/C18H26BFO4/c1-7-22-16(21)11-15(14-9-8-13(20)10-12(14)2)19-23-17(3,4)18(5,6)24-19/h8-10,15H,7,11H2,1-6H3. The molecule has 0 amide bonds. The smallest absolute Gasteiger partial charge is 0.466 e. The van der Waals surface area contributed by atoms with Gasteiger partial charge in [0, 0.05) is 5.82 Å². The Morgan fingerprint density at radius 3 is 2.33 bits per heavy atom. The van der Waals surface area contributed by atoms with Gasteiger partial charge in [-0.1, -0.05) is 6.07 Å². The molecule has 0 aromatic heterocycles. The quantitative estimate of drug-likeness (QED) is 0.606. The van der Waals surface area contributed by atoms with Crippen LogP contribution in [-0.2, 0) is 18.8 Å². The lowest BCUT2D eigenvalue weighted by atomic mass is 9.65. The second-order valence-corrected chi connectivity index (χ2v) is 7.24. The van der Waals surface area contributed by atoms with Gasteiger partial charge in [0.15, 0.2) is 0 Å². The van der Waals surface area contributed by atoms with E-state index in [1.165, 1.54) is 12.1 Å². The minimum atomic E-state index is -0.594. The molecule has 1 heterocycles. The number of carbonyl (C=O) groups excluding carboxylic acids is 1. The van der Waals surface area contributed by atoms with Crippen molar-refractivity contribution in [3.63, 3.8) is 0 Å². The minimum Gasteiger partial charge on any atom is -0.466 e. The first-order chi connectivity index (χ1) is 11.1. The number of carbonyl (C=O) groups is 1. The number of hydrogen-bond acceptors (Lipinski definition) is 4. The molecule has 0 aliphatic carbocycles. The number of halogens is 1. The van der Waals surface area contributed by atoms with Crippen LogP contribution >= 0.6 is 0 Å². The molecule has 0 N–H and O–H groups in total. The predicted molar refractivity (Wildman–Crippen MR) is 91.2 cm³/mol. The van der Waals surface area contributed by atoms with Gasteiger partial charge in [-0.15, -0.1) is 0 Å². The highest BCUT2D eigenvalue weighted by Crippen LogP contribution is 2.42. The predicted octanol–water partition coefficient (Wildman–Crippen LogP) is 3.80. The molecule has 0 bridgehead atoms.